The molecule has 0 unspecified atom stereocenters. The predicted molar refractivity (Wildman–Crippen MR) is 105 cm³/mol. The first kappa shape index (κ1) is 28.3. The monoisotopic (exact) mass is 447 g/mol. The van der Waals surface area contributed by atoms with Gasteiger partial charge in [-0.05, 0) is 13.1 Å². The van der Waals surface area contributed by atoms with Crippen molar-refractivity contribution in [2.24, 2.45) is 0 Å². The van der Waals surface area contributed by atoms with E-state index in [1.807, 2.05) is 0 Å². The lowest BCUT2D eigenvalue weighted by Gasteiger charge is -2.40. The lowest BCUT2D eigenvalue weighted by molar-refractivity contribution is -0.163. The molecule has 0 fully saturated rings. The molecule has 1 N–H and O–H groups in total. The van der Waals surface area contributed by atoms with Gasteiger partial charge in [-0.2, -0.15) is 13.2 Å². The number of hydrogen-bond acceptors (Lipinski definition) is 6. The van der Waals surface area contributed by atoms with E-state index in [0.717, 1.165) is 0 Å². The fourth-order valence-electron chi connectivity index (χ4n) is 1.94. The molecular formula is C18H36F3NO6Si. The Morgan fingerprint density at radius 1 is 0.793 bits per heavy atom. The lowest BCUT2D eigenvalue weighted by Crippen LogP contribution is -2.50. The summed E-state index contributed by atoms with van der Waals surface area (Å²) in [4.78, 5) is 10.6. The van der Waals surface area contributed by atoms with Gasteiger partial charge in [0, 0.05) is 13.5 Å². The van der Waals surface area contributed by atoms with E-state index >= 15 is 0 Å². The number of rotatable bonds is 17. The SMILES string of the molecule is CC(=O)NCCOCCOCCOCCOCCO[Si](C)(C)C(C)(C)C(F)(F)F. The highest BCUT2D eigenvalue weighted by Crippen LogP contribution is 2.51. The van der Waals surface area contributed by atoms with Crippen LogP contribution in [0.4, 0.5) is 13.2 Å². The topological polar surface area (TPSA) is 75.3 Å². The Hall–Kier alpha value is -0.723. The second-order valence-electron chi connectivity index (χ2n) is 7.41. The number of alkyl halides is 3. The van der Waals surface area contributed by atoms with Crippen LogP contribution in [0, 0.1) is 0 Å². The van der Waals surface area contributed by atoms with Crippen molar-refractivity contribution in [1.29, 1.82) is 0 Å². The van der Waals surface area contributed by atoms with Gasteiger partial charge in [-0.25, -0.2) is 0 Å². The second-order valence-corrected chi connectivity index (χ2v) is 12.0. The van der Waals surface area contributed by atoms with Crippen LogP contribution in [-0.4, -0.2) is 86.4 Å². The maximum Gasteiger partial charge on any atom is 0.393 e. The fraction of sp³-hybridized carbons (Fsp3) is 0.944. The molecule has 0 aromatic heterocycles. The van der Waals surface area contributed by atoms with E-state index in [4.69, 9.17) is 23.4 Å². The van der Waals surface area contributed by atoms with Crippen LogP contribution in [0.25, 0.3) is 0 Å². The summed E-state index contributed by atoms with van der Waals surface area (Å²) in [5, 5.41) is 0.787. The van der Waals surface area contributed by atoms with Crippen LogP contribution in [-0.2, 0) is 28.2 Å². The molecule has 0 heterocycles. The van der Waals surface area contributed by atoms with Gasteiger partial charge in [0.05, 0.1) is 64.5 Å². The number of halogens is 3. The van der Waals surface area contributed by atoms with E-state index in [1.165, 1.54) is 20.8 Å². The highest BCUT2D eigenvalue weighted by molar-refractivity contribution is 6.74. The van der Waals surface area contributed by atoms with Gasteiger partial charge in [0.15, 0.2) is 0 Å². The van der Waals surface area contributed by atoms with Crippen molar-refractivity contribution in [3.63, 3.8) is 0 Å². The Morgan fingerprint density at radius 3 is 1.55 bits per heavy atom. The van der Waals surface area contributed by atoms with Gasteiger partial charge in [-0.3, -0.25) is 4.79 Å². The normalized spacial score (nSPS) is 13.0. The molecule has 7 nitrogen and oxygen atoms in total. The van der Waals surface area contributed by atoms with Crippen molar-refractivity contribution < 1.29 is 41.3 Å². The Morgan fingerprint density at radius 2 is 1.17 bits per heavy atom. The molecule has 0 atom stereocenters. The summed E-state index contributed by atoms with van der Waals surface area (Å²) in [6.07, 6.45) is -4.29. The predicted octanol–water partition coefficient (Wildman–Crippen LogP) is 2.75. The molecule has 0 rings (SSSR count). The Labute approximate surface area is 172 Å². The summed E-state index contributed by atoms with van der Waals surface area (Å²) in [6.45, 7) is 10.6. The van der Waals surface area contributed by atoms with Crippen molar-refractivity contribution in [2.75, 3.05) is 66.0 Å². The second kappa shape index (κ2) is 14.3. The molecule has 29 heavy (non-hydrogen) atoms. The zero-order valence-corrected chi connectivity index (χ0v) is 19.2. The van der Waals surface area contributed by atoms with Crippen LogP contribution in [0.1, 0.15) is 20.8 Å². The first-order chi connectivity index (χ1) is 13.4. The maximum atomic E-state index is 13.1. The Balaban J connectivity index is 3.49. The van der Waals surface area contributed by atoms with Crippen LogP contribution in [0.15, 0.2) is 0 Å². The minimum atomic E-state index is -4.29. The lowest BCUT2D eigenvalue weighted by atomic mass is 10.2. The van der Waals surface area contributed by atoms with E-state index < -0.39 is 19.5 Å². The average Bonchev–Trinajstić information content (AvgIpc) is 2.59. The van der Waals surface area contributed by atoms with Crippen LogP contribution < -0.4 is 5.32 Å². The van der Waals surface area contributed by atoms with Gasteiger partial charge in [-0.1, -0.05) is 13.8 Å². The van der Waals surface area contributed by atoms with E-state index in [9.17, 15) is 18.0 Å². The molecule has 0 bridgehead atoms. The Bertz CT molecular complexity index is 450. The maximum absolute atomic E-state index is 13.1. The van der Waals surface area contributed by atoms with E-state index in [0.29, 0.717) is 52.8 Å². The van der Waals surface area contributed by atoms with Gasteiger partial charge < -0.3 is 28.7 Å². The van der Waals surface area contributed by atoms with Gasteiger partial charge in [0.25, 0.3) is 0 Å². The molecule has 0 aliphatic heterocycles. The molecule has 0 aromatic rings. The van der Waals surface area contributed by atoms with Crippen LogP contribution in [0.3, 0.4) is 0 Å². The van der Waals surface area contributed by atoms with Crippen LogP contribution in [0.5, 0.6) is 0 Å². The van der Waals surface area contributed by atoms with Crippen molar-refractivity contribution in [3.05, 3.63) is 0 Å². The molecule has 0 aromatic carbocycles. The molecule has 0 saturated heterocycles. The smallest absolute Gasteiger partial charge is 0.393 e. The van der Waals surface area contributed by atoms with E-state index in [-0.39, 0.29) is 19.1 Å². The number of nitrogens with one attached hydrogen (secondary N) is 1. The highest BCUT2D eigenvalue weighted by atomic mass is 28.4. The van der Waals surface area contributed by atoms with Crippen molar-refractivity contribution >= 4 is 14.2 Å². The van der Waals surface area contributed by atoms with Crippen molar-refractivity contribution in [3.8, 4) is 0 Å². The molecule has 1 amide bonds. The number of amides is 1. The number of carbonyl (C=O) groups is 1. The third-order valence-corrected chi connectivity index (χ3v) is 8.86. The summed E-state index contributed by atoms with van der Waals surface area (Å²) in [6, 6.07) is 0. The number of carbonyl (C=O) groups excluding carboxylic acids is 1. The van der Waals surface area contributed by atoms with E-state index in [1.54, 1.807) is 13.1 Å². The summed E-state index contributed by atoms with van der Waals surface area (Å²) >= 11 is 0. The first-order valence-corrected chi connectivity index (χ1v) is 12.6. The number of ether oxygens (including phenoxy) is 4. The third-order valence-electron chi connectivity index (χ3n) is 4.64. The van der Waals surface area contributed by atoms with Crippen molar-refractivity contribution in [1.82, 2.24) is 5.32 Å². The summed E-state index contributed by atoms with van der Waals surface area (Å²) in [5.74, 6) is -0.0883. The highest BCUT2D eigenvalue weighted by Gasteiger charge is 2.58. The molecular weight excluding hydrogens is 411 g/mol. The van der Waals surface area contributed by atoms with Crippen LogP contribution in [0.2, 0.25) is 18.1 Å². The molecule has 0 spiro atoms. The number of hydrogen-bond donors (Lipinski definition) is 1. The fourth-order valence-corrected chi connectivity index (χ4v) is 3.58. The first-order valence-electron chi connectivity index (χ1n) is 9.68. The summed E-state index contributed by atoms with van der Waals surface area (Å²) in [7, 11) is -2.96. The molecule has 0 radical (unpaired) electrons. The Kier molecular flexibility index (Phi) is 14.0. The van der Waals surface area contributed by atoms with Gasteiger partial charge in [0.2, 0.25) is 14.2 Å². The molecule has 0 saturated carbocycles. The standard InChI is InChI=1S/C18H36F3NO6Si/c1-16(23)22-6-7-24-8-9-25-10-11-26-12-13-27-14-15-28-29(4,5)17(2,3)18(19,20)21/h6-15H2,1-5H3,(H,22,23). The van der Waals surface area contributed by atoms with Gasteiger partial charge >= 0.3 is 6.18 Å². The van der Waals surface area contributed by atoms with Crippen molar-refractivity contribution in [2.45, 2.75) is 45.1 Å². The molecule has 11 heteroatoms. The third kappa shape index (κ3) is 12.5. The van der Waals surface area contributed by atoms with Crippen LogP contribution >= 0.6 is 0 Å². The zero-order valence-electron chi connectivity index (χ0n) is 18.2. The summed E-state index contributed by atoms with van der Waals surface area (Å²) in [5.41, 5.74) is 0. The molecule has 0 aliphatic carbocycles. The minimum absolute atomic E-state index is 0.0883. The zero-order chi connectivity index (χ0) is 22.4. The molecule has 0 aliphatic rings. The summed E-state index contributed by atoms with van der Waals surface area (Å²) < 4.78 is 66.2. The van der Waals surface area contributed by atoms with Gasteiger partial charge in [-0.15, -0.1) is 0 Å². The quantitative estimate of drug-likeness (QED) is 0.273. The van der Waals surface area contributed by atoms with E-state index in [2.05, 4.69) is 5.32 Å². The average molecular weight is 448 g/mol. The molecule has 174 valence electrons. The minimum Gasteiger partial charge on any atom is -0.414 e. The largest absolute Gasteiger partial charge is 0.414 e. The van der Waals surface area contributed by atoms with Gasteiger partial charge in [0.1, 0.15) is 0 Å².